The summed E-state index contributed by atoms with van der Waals surface area (Å²) in [5.41, 5.74) is 6.09. The number of hydrogen-bond donors (Lipinski definition) is 2. The predicted molar refractivity (Wildman–Crippen MR) is 86.8 cm³/mol. The summed E-state index contributed by atoms with van der Waals surface area (Å²) in [5, 5.41) is 7.22. The van der Waals surface area contributed by atoms with Crippen LogP contribution in [-0.4, -0.2) is 21.7 Å². The largest absolute Gasteiger partial charge is 0.394 e. The van der Waals surface area contributed by atoms with Crippen LogP contribution in [0.4, 0.5) is 5.69 Å². The Balaban J connectivity index is 1.97. The minimum Gasteiger partial charge on any atom is -0.394 e. The van der Waals surface area contributed by atoms with Gasteiger partial charge in [-0.1, -0.05) is 0 Å². The lowest BCUT2D eigenvalue weighted by atomic mass is 10.2. The number of aryl methyl sites for hydroxylation is 1. The lowest BCUT2D eigenvalue weighted by Gasteiger charge is -2.15. The minimum atomic E-state index is -0.684. The van der Waals surface area contributed by atoms with Gasteiger partial charge in [0.2, 0.25) is 5.91 Å². The van der Waals surface area contributed by atoms with E-state index >= 15 is 0 Å². The number of nitrogen functional groups attached to an aromatic ring is 1. The summed E-state index contributed by atoms with van der Waals surface area (Å²) in [4.78, 5) is 26.4. The Bertz CT molecular complexity index is 776. The highest BCUT2D eigenvalue weighted by atomic mass is 32.1. The van der Waals surface area contributed by atoms with Crippen LogP contribution >= 0.6 is 11.3 Å². The third-order valence-corrected chi connectivity index (χ3v) is 4.65. The zero-order valence-electron chi connectivity index (χ0n) is 12.5. The topological polar surface area (TPSA) is 90.0 Å². The molecule has 3 N–H and O–H groups in total. The number of anilines is 1. The molecule has 1 aliphatic rings. The zero-order valence-corrected chi connectivity index (χ0v) is 13.3. The van der Waals surface area contributed by atoms with Gasteiger partial charge in [0.15, 0.2) is 0 Å². The molecule has 1 fully saturated rings. The number of nitrogens with one attached hydrogen (secondary N) is 1. The SMILES string of the molecule is Cc1ccc(-c2cc(N)c(=O)n(C(C)C(=O)NC3CC3)n2)s1. The van der Waals surface area contributed by atoms with Gasteiger partial charge in [0.1, 0.15) is 17.4 Å². The molecular weight excluding hydrogens is 300 g/mol. The molecular formula is C15H18N4O2S. The minimum absolute atomic E-state index is 0.0992. The van der Waals surface area contributed by atoms with E-state index in [9.17, 15) is 9.59 Å². The lowest BCUT2D eigenvalue weighted by molar-refractivity contribution is -0.124. The normalized spacial score (nSPS) is 15.5. The van der Waals surface area contributed by atoms with E-state index in [1.54, 1.807) is 24.3 Å². The molecule has 2 aromatic heterocycles. The highest BCUT2D eigenvalue weighted by Crippen LogP contribution is 2.26. The van der Waals surface area contributed by atoms with Crippen molar-refractivity contribution < 1.29 is 4.79 Å². The second kappa shape index (κ2) is 5.57. The summed E-state index contributed by atoms with van der Waals surface area (Å²) in [7, 11) is 0. The average Bonchev–Trinajstić information content (AvgIpc) is 3.19. The Labute approximate surface area is 132 Å². The van der Waals surface area contributed by atoms with E-state index in [-0.39, 0.29) is 17.6 Å². The Morgan fingerprint density at radius 1 is 1.50 bits per heavy atom. The fourth-order valence-electron chi connectivity index (χ4n) is 2.15. The van der Waals surface area contributed by atoms with E-state index < -0.39 is 11.6 Å². The molecule has 1 unspecified atom stereocenters. The van der Waals surface area contributed by atoms with Crippen molar-refractivity contribution in [2.75, 3.05) is 5.73 Å². The van der Waals surface area contributed by atoms with Gasteiger partial charge in [0.05, 0.1) is 4.88 Å². The smallest absolute Gasteiger partial charge is 0.290 e. The van der Waals surface area contributed by atoms with E-state index in [0.717, 1.165) is 22.6 Å². The first-order chi connectivity index (χ1) is 10.5. The second-order valence-corrected chi connectivity index (χ2v) is 6.89. The van der Waals surface area contributed by atoms with Crippen LogP contribution in [0, 0.1) is 6.92 Å². The molecule has 0 radical (unpaired) electrons. The highest BCUT2D eigenvalue weighted by Gasteiger charge is 2.27. The van der Waals surface area contributed by atoms with E-state index in [1.165, 1.54) is 4.68 Å². The van der Waals surface area contributed by atoms with Crippen LogP contribution in [0.2, 0.25) is 0 Å². The van der Waals surface area contributed by atoms with Crippen LogP contribution in [0.1, 0.15) is 30.7 Å². The molecule has 0 aromatic carbocycles. The van der Waals surface area contributed by atoms with Crippen LogP contribution in [0.25, 0.3) is 10.6 Å². The number of nitrogens with two attached hydrogens (primary N) is 1. The van der Waals surface area contributed by atoms with Crippen molar-refractivity contribution in [1.29, 1.82) is 0 Å². The number of rotatable bonds is 4. The predicted octanol–water partition coefficient (Wildman–Crippen LogP) is 1.70. The summed E-state index contributed by atoms with van der Waals surface area (Å²) in [6.45, 7) is 3.66. The molecule has 0 bridgehead atoms. The molecule has 1 amide bonds. The van der Waals surface area contributed by atoms with E-state index in [1.807, 2.05) is 19.1 Å². The summed E-state index contributed by atoms with van der Waals surface area (Å²) >= 11 is 1.57. The third kappa shape index (κ3) is 2.89. The molecule has 0 spiro atoms. The fraction of sp³-hybridized carbons (Fsp3) is 0.400. The summed E-state index contributed by atoms with van der Waals surface area (Å²) in [6.07, 6.45) is 1.99. The molecule has 1 saturated carbocycles. The highest BCUT2D eigenvalue weighted by molar-refractivity contribution is 7.15. The Morgan fingerprint density at radius 3 is 2.82 bits per heavy atom. The van der Waals surface area contributed by atoms with Crippen LogP contribution in [-0.2, 0) is 4.79 Å². The monoisotopic (exact) mass is 318 g/mol. The number of aromatic nitrogens is 2. The number of thiophene rings is 1. The van der Waals surface area contributed by atoms with E-state index in [4.69, 9.17) is 5.73 Å². The third-order valence-electron chi connectivity index (χ3n) is 3.63. The zero-order chi connectivity index (χ0) is 15.9. The molecule has 1 aliphatic carbocycles. The van der Waals surface area contributed by atoms with E-state index in [0.29, 0.717) is 5.69 Å². The number of carbonyl (C=O) groups is 1. The average molecular weight is 318 g/mol. The van der Waals surface area contributed by atoms with Gasteiger partial charge in [0, 0.05) is 10.9 Å². The first-order valence-corrected chi connectivity index (χ1v) is 8.04. The number of nitrogens with zero attached hydrogens (tertiary/aromatic N) is 2. The van der Waals surface area contributed by atoms with Crippen molar-refractivity contribution in [2.45, 2.75) is 38.8 Å². The van der Waals surface area contributed by atoms with Gasteiger partial charge in [0.25, 0.3) is 5.56 Å². The van der Waals surface area contributed by atoms with Crippen LogP contribution in [0.5, 0.6) is 0 Å². The lowest BCUT2D eigenvalue weighted by Crippen LogP contribution is -2.38. The molecule has 2 heterocycles. The summed E-state index contributed by atoms with van der Waals surface area (Å²) < 4.78 is 1.18. The number of hydrogen-bond acceptors (Lipinski definition) is 5. The molecule has 0 aliphatic heterocycles. The van der Waals surface area contributed by atoms with Crippen molar-refractivity contribution in [1.82, 2.24) is 15.1 Å². The van der Waals surface area contributed by atoms with Gasteiger partial charge in [-0.3, -0.25) is 9.59 Å². The maximum Gasteiger partial charge on any atom is 0.290 e. The molecule has 2 aromatic rings. The van der Waals surface area contributed by atoms with Gasteiger partial charge >= 0.3 is 0 Å². The molecule has 0 saturated heterocycles. The maximum absolute atomic E-state index is 12.2. The first kappa shape index (κ1) is 14.8. The first-order valence-electron chi connectivity index (χ1n) is 7.22. The van der Waals surface area contributed by atoms with Crippen molar-refractivity contribution in [3.63, 3.8) is 0 Å². The maximum atomic E-state index is 12.2. The van der Waals surface area contributed by atoms with Gasteiger partial charge < -0.3 is 11.1 Å². The molecule has 6 nitrogen and oxygen atoms in total. The van der Waals surface area contributed by atoms with E-state index in [2.05, 4.69) is 10.4 Å². The standard InChI is InChI=1S/C15H18N4O2S/c1-8-3-6-13(22-8)12-7-11(16)15(21)19(18-12)9(2)14(20)17-10-4-5-10/h3,6-7,9-10H,4-5,16H2,1-2H3,(H,17,20). The Morgan fingerprint density at radius 2 is 2.23 bits per heavy atom. The van der Waals surface area contributed by atoms with Gasteiger partial charge in [-0.2, -0.15) is 5.10 Å². The van der Waals surface area contributed by atoms with Crippen LogP contribution in [0.15, 0.2) is 23.0 Å². The van der Waals surface area contributed by atoms with Gasteiger partial charge in [-0.15, -0.1) is 11.3 Å². The Hall–Kier alpha value is -2.15. The summed E-state index contributed by atoms with van der Waals surface area (Å²) in [6, 6.07) is 5.04. The number of carbonyl (C=O) groups excluding carboxylic acids is 1. The number of amides is 1. The van der Waals surface area contributed by atoms with Gasteiger partial charge in [-0.05, 0) is 44.9 Å². The molecule has 3 rings (SSSR count). The van der Waals surface area contributed by atoms with Crippen molar-refractivity contribution in [3.05, 3.63) is 33.4 Å². The summed E-state index contributed by atoms with van der Waals surface area (Å²) in [5.74, 6) is -0.198. The van der Waals surface area contributed by atoms with Crippen molar-refractivity contribution in [3.8, 4) is 10.6 Å². The van der Waals surface area contributed by atoms with Crippen LogP contribution in [0.3, 0.4) is 0 Å². The van der Waals surface area contributed by atoms with Crippen molar-refractivity contribution in [2.24, 2.45) is 0 Å². The molecule has 116 valence electrons. The van der Waals surface area contributed by atoms with Crippen molar-refractivity contribution >= 4 is 22.9 Å². The fourth-order valence-corrected chi connectivity index (χ4v) is 2.97. The van der Waals surface area contributed by atoms with Crippen LogP contribution < -0.4 is 16.6 Å². The molecule has 22 heavy (non-hydrogen) atoms. The Kier molecular flexibility index (Phi) is 3.74. The second-order valence-electron chi connectivity index (χ2n) is 5.60. The molecule has 7 heteroatoms. The molecule has 1 atom stereocenters. The van der Waals surface area contributed by atoms with Gasteiger partial charge in [-0.25, -0.2) is 4.68 Å². The quantitative estimate of drug-likeness (QED) is 0.898.